The van der Waals surface area contributed by atoms with Gasteiger partial charge in [-0.15, -0.1) is 0 Å². The molecule has 9 nitrogen and oxygen atoms in total. The van der Waals surface area contributed by atoms with Crippen molar-refractivity contribution in [2.24, 2.45) is 0 Å². The molecule has 1 saturated heterocycles. The smallest absolute Gasteiger partial charge is 0.306 e. The Hall–Kier alpha value is -1.72. The Morgan fingerprint density at radius 2 is 1.90 bits per heavy atom. The van der Waals surface area contributed by atoms with Crippen molar-refractivity contribution in [2.45, 2.75) is 52.2 Å². The first-order valence-corrected chi connectivity index (χ1v) is 15.8. The third-order valence-electron chi connectivity index (χ3n) is 4.77. The van der Waals surface area contributed by atoms with Crippen molar-refractivity contribution >= 4 is 29.7 Å². The number of aryl methyl sites for hydroxylation is 1. The van der Waals surface area contributed by atoms with E-state index in [0.717, 1.165) is 6.04 Å². The molecule has 0 unspecified atom stereocenters. The summed E-state index contributed by atoms with van der Waals surface area (Å²) in [5.74, 6) is -0.129. The van der Waals surface area contributed by atoms with Crippen molar-refractivity contribution in [3.8, 4) is 0 Å². The summed E-state index contributed by atoms with van der Waals surface area (Å²) in [6.45, 7) is 9.93. The van der Waals surface area contributed by atoms with Gasteiger partial charge in [-0.1, -0.05) is 19.6 Å². The minimum absolute atomic E-state index is 0.00607. The summed E-state index contributed by atoms with van der Waals surface area (Å²) < 4.78 is 35.6. The summed E-state index contributed by atoms with van der Waals surface area (Å²) in [7, 11) is -4.32. The topological polar surface area (TPSA) is 108 Å². The maximum atomic E-state index is 13.0. The predicted octanol–water partition coefficient (Wildman–Crippen LogP) is 1.29. The van der Waals surface area contributed by atoms with Crippen molar-refractivity contribution in [3.63, 3.8) is 0 Å². The first-order valence-electron chi connectivity index (χ1n) is 10.3. The number of ether oxygens (including phenoxy) is 2. The van der Waals surface area contributed by atoms with Crippen molar-refractivity contribution in [2.75, 3.05) is 42.7 Å². The highest BCUT2D eigenvalue weighted by Crippen LogP contribution is 2.13. The van der Waals surface area contributed by atoms with Crippen LogP contribution >= 0.6 is 0 Å². The fourth-order valence-electron chi connectivity index (χ4n) is 2.93. The molecule has 0 aliphatic carbocycles. The van der Waals surface area contributed by atoms with Crippen LogP contribution in [-0.4, -0.2) is 69.8 Å². The van der Waals surface area contributed by atoms with Gasteiger partial charge in [0.1, 0.15) is 6.73 Å². The van der Waals surface area contributed by atoms with Crippen LogP contribution in [0.15, 0.2) is 11.0 Å². The van der Waals surface area contributed by atoms with E-state index < -0.39 is 17.9 Å². The number of carbonyl (C=O) groups excluding carboxylic acids is 1. The summed E-state index contributed by atoms with van der Waals surface area (Å²) in [4.78, 5) is 30.8. The van der Waals surface area contributed by atoms with Gasteiger partial charge in [-0.3, -0.25) is 14.2 Å². The molecule has 11 heteroatoms. The van der Waals surface area contributed by atoms with Gasteiger partial charge in [-0.05, 0) is 13.0 Å². The number of aromatic nitrogens is 2. The Balaban J connectivity index is 2.20. The summed E-state index contributed by atoms with van der Waals surface area (Å²) in [6.07, 6.45) is 2.09. The number of sulfone groups is 1. The van der Waals surface area contributed by atoms with Gasteiger partial charge in [0, 0.05) is 40.4 Å². The third-order valence-corrected chi connectivity index (χ3v) is 8.08. The van der Waals surface area contributed by atoms with E-state index in [-0.39, 0.29) is 55.1 Å². The number of hydrogen-bond donors (Lipinski definition) is 0. The van der Waals surface area contributed by atoms with Crippen LogP contribution in [0.2, 0.25) is 25.7 Å². The molecule has 0 N–H and O–H groups in total. The highest BCUT2D eigenvalue weighted by Gasteiger charge is 2.25. The van der Waals surface area contributed by atoms with E-state index in [1.54, 1.807) is 18.0 Å². The van der Waals surface area contributed by atoms with Crippen LogP contribution in [0.3, 0.4) is 0 Å². The van der Waals surface area contributed by atoms with Crippen LogP contribution in [0.4, 0.5) is 5.82 Å². The Morgan fingerprint density at radius 3 is 2.50 bits per heavy atom. The maximum Gasteiger partial charge on any atom is 0.306 e. The standard InChI is InChI=1S/C19H33N3O6SSi/c1-5-28-17(23)7-6-16-14-22(15-27-10-13-30(2,3)4)19(24)18(20-16)21-8-11-29(25,26)12-9-21/h14H,5-13,15H2,1-4H3. The number of nitrogens with zero attached hydrogens (tertiary/aromatic N) is 3. The summed E-state index contributed by atoms with van der Waals surface area (Å²) in [5.41, 5.74) is 0.252. The van der Waals surface area contributed by atoms with Gasteiger partial charge in [-0.25, -0.2) is 13.4 Å². The average Bonchev–Trinajstić information content (AvgIpc) is 2.65. The van der Waals surface area contributed by atoms with Gasteiger partial charge >= 0.3 is 5.97 Å². The monoisotopic (exact) mass is 459 g/mol. The van der Waals surface area contributed by atoms with Crippen molar-refractivity contribution in [3.05, 3.63) is 22.2 Å². The van der Waals surface area contributed by atoms with Gasteiger partial charge in [0.25, 0.3) is 5.56 Å². The summed E-state index contributed by atoms with van der Waals surface area (Å²) >= 11 is 0. The molecule has 0 bridgehead atoms. The molecule has 0 saturated carbocycles. The molecule has 1 aromatic heterocycles. The Kier molecular flexibility index (Phi) is 8.62. The largest absolute Gasteiger partial charge is 0.466 e. The van der Waals surface area contributed by atoms with Crippen LogP contribution in [0.5, 0.6) is 0 Å². The first-order chi connectivity index (χ1) is 14.0. The van der Waals surface area contributed by atoms with E-state index in [9.17, 15) is 18.0 Å². The molecule has 0 aromatic carbocycles. The van der Waals surface area contributed by atoms with Gasteiger partial charge in [-0.2, -0.15) is 0 Å². The number of rotatable bonds is 10. The second kappa shape index (κ2) is 10.5. The SMILES string of the molecule is CCOC(=O)CCc1cn(COCC[Si](C)(C)C)c(=O)c(N2CCS(=O)(=O)CC2)n1. The molecule has 30 heavy (non-hydrogen) atoms. The normalized spacial score (nSPS) is 16.5. The number of carbonyl (C=O) groups is 1. The molecule has 1 aliphatic rings. The summed E-state index contributed by atoms with van der Waals surface area (Å²) in [5, 5.41) is 0. The van der Waals surface area contributed by atoms with Crippen LogP contribution in [0.25, 0.3) is 0 Å². The zero-order chi connectivity index (χ0) is 22.4. The number of hydrogen-bond acceptors (Lipinski definition) is 8. The second-order valence-corrected chi connectivity index (χ2v) is 16.5. The fraction of sp³-hybridized carbons (Fsp3) is 0.737. The zero-order valence-electron chi connectivity index (χ0n) is 18.3. The lowest BCUT2D eigenvalue weighted by Gasteiger charge is -2.28. The van der Waals surface area contributed by atoms with Crippen molar-refractivity contribution in [1.82, 2.24) is 9.55 Å². The van der Waals surface area contributed by atoms with E-state index in [0.29, 0.717) is 25.3 Å². The Morgan fingerprint density at radius 1 is 1.23 bits per heavy atom. The highest BCUT2D eigenvalue weighted by molar-refractivity contribution is 7.91. The molecule has 170 valence electrons. The quantitative estimate of drug-likeness (QED) is 0.293. The van der Waals surface area contributed by atoms with Crippen molar-refractivity contribution in [1.29, 1.82) is 0 Å². The first kappa shape index (κ1) is 24.5. The average molecular weight is 460 g/mol. The molecule has 1 aromatic rings. The lowest BCUT2D eigenvalue weighted by molar-refractivity contribution is -0.143. The third kappa shape index (κ3) is 7.84. The van der Waals surface area contributed by atoms with Gasteiger partial charge in [0.15, 0.2) is 15.7 Å². The van der Waals surface area contributed by atoms with Gasteiger partial charge in [0.05, 0.1) is 30.2 Å². The molecule has 2 heterocycles. The minimum atomic E-state index is -3.08. The van der Waals surface area contributed by atoms with Crippen LogP contribution < -0.4 is 10.5 Å². The second-order valence-electron chi connectivity index (χ2n) is 8.62. The molecule has 0 radical (unpaired) electrons. The fourth-order valence-corrected chi connectivity index (χ4v) is 4.89. The van der Waals surface area contributed by atoms with Crippen LogP contribution in [-0.2, 0) is 37.3 Å². The van der Waals surface area contributed by atoms with Crippen LogP contribution in [0.1, 0.15) is 19.0 Å². The Bertz CT molecular complexity index is 881. The van der Waals surface area contributed by atoms with E-state index in [1.165, 1.54) is 4.57 Å². The maximum absolute atomic E-state index is 13.0. The van der Waals surface area contributed by atoms with Crippen LogP contribution in [0, 0.1) is 0 Å². The molecule has 1 aliphatic heterocycles. The molecule has 1 fully saturated rings. The zero-order valence-corrected chi connectivity index (χ0v) is 20.2. The lowest BCUT2D eigenvalue weighted by Crippen LogP contribution is -2.44. The molecular weight excluding hydrogens is 426 g/mol. The lowest BCUT2D eigenvalue weighted by atomic mass is 10.2. The van der Waals surface area contributed by atoms with E-state index in [1.807, 2.05) is 0 Å². The highest BCUT2D eigenvalue weighted by atomic mass is 32.2. The summed E-state index contributed by atoms with van der Waals surface area (Å²) in [6, 6.07) is 0.986. The Labute approximate surface area is 179 Å². The number of anilines is 1. The number of esters is 1. The minimum Gasteiger partial charge on any atom is -0.466 e. The van der Waals surface area contributed by atoms with E-state index >= 15 is 0 Å². The molecular formula is C19H33N3O6SSi. The van der Waals surface area contributed by atoms with Crippen molar-refractivity contribution < 1.29 is 22.7 Å². The molecule has 0 amide bonds. The van der Waals surface area contributed by atoms with E-state index in [4.69, 9.17) is 9.47 Å². The van der Waals surface area contributed by atoms with E-state index in [2.05, 4.69) is 24.6 Å². The molecule has 0 spiro atoms. The van der Waals surface area contributed by atoms with Gasteiger partial charge < -0.3 is 14.4 Å². The molecule has 0 atom stereocenters. The molecule has 2 rings (SSSR count). The van der Waals surface area contributed by atoms with Gasteiger partial charge in [0.2, 0.25) is 0 Å². The predicted molar refractivity (Wildman–Crippen MR) is 118 cm³/mol.